The molecule has 172 valence electrons. The zero-order valence-corrected chi connectivity index (χ0v) is 21.1. The summed E-state index contributed by atoms with van der Waals surface area (Å²) in [4.78, 5) is 2.68. The molecule has 0 saturated carbocycles. The minimum Gasteiger partial charge on any atom is -0.230 e. The zero-order chi connectivity index (χ0) is 22.2. The summed E-state index contributed by atoms with van der Waals surface area (Å²) in [6.45, 7) is 3.08. The normalized spacial score (nSPS) is 14.9. The molecule has 11 heteroatoms. The van der Waals surface area contributed by atoms with Crippen LogP contribution < -0.4 is 4.83 Å². The molecule has 6 nitrogen and oxygen atoms in total. The molecule has 4 rings (SSSR count). The minimum atomic E-state index is -3.89. The van der Waals surface area contributed by atoms with E-state index in [0.29, 0.717) is 45.1 Å². The molecule has 1 N–H and O–H groups in total. The van der Waals surface area contributed by atoms with Crippen LogP contribution in [0.1, 0.15) is 24.8 Å². The van der Waals surface area contributed by atoms with Gasteiger partial charge >= 0.3 is 0 Å². The Balaban J connectivity index is 0.00000289. The highest BCUT2D eigenvalue weighted by Crippen LogP contribution is 2.34. The van der Waals surface area contributed by atoms with E-state index in [1.807, 2.05) is 12.1 Å². The van der Waals surface area contributed by atoms with Gasteiger partial charge in [0.25, 0.3) is 10.0 Å². The summed E-state index contributed by atoms with van der Waals surface area (Å²) >= 11 is 18.6. The number of rotatable bonds is 5. The molecule has 0 atom stereocenters. The summed E-state index contributed by atoms with van der Waals surface area (Å²) in [6, 6.07) is 12.1. The van der Waals surface area contributed by atoms with Crippen LogP contribution in [-0.4, -0.2) is 36.3 Å². The van der Waals surface area contributed by atoms with E-state index in [1.165, 1.54) is 0 Å². The summed E-state index contributed by atoms with van der Waals surface area (Å²) in [5, 5.41) is 7.59. The van der Waals surface area contributed by atoms with Crippen molar-refractivity contribution in [2.24, 2.45) is 0 Å². The van der Waals surface area contributed by atoms with Crippen molar-refractivity contribution in [1.82, 2.24) is 19.6 Å². The monoisotopic (exact) mass is 534 g/mol. The van der Waals surface area contributed by atoms with Crippen LogP contribution in [0.4, 0.5) is 0 Å². The number of nitrogens with zero attached hydrogens (tertiary/aromatic N) is 3. The minimum absolute atomic E-state index is 0. The largest absolute Gasteiger partial charge is 0.273 e. The SMILES string of the molecule is Cc1c(S(=O)(=O)NN2CCCCC2)nn(-c2ccc(Cl)cc2Cl)c1-c1ccc(Cl)cc1.Cl. The molecule has 1 aliphatic heterocycles. The Kier molecular flexibility index (Phi) is 8.15. The van der Waals surface area contributed by atoms with Crippen LogP contribution in [0.25, 0.3) is 16.9 Å². The lowest BCUT2D eigenvalue weighted by atomic mass is 10.1. The number of hydrogen-bond acceptors (Lipinski definition) is 4. The highest BCUT2D eigenvalue weighted by molar-refractivity contribution is 7.89. The first-order valence-electron chi connectivity index (χ1n) is 9.84. The predicted molar refractivity (Wildman–Crippen MR) is 132 cm³/mol. The van der Waals surface area contributed by atoms with Crippen LogP contribution in [0, 0.1) is 6.92 Å². The Morgan fingerprint density at radius 1 is 0.938 bits per heavy atom. The molecule has 1 fully saturated rings. The average molecular weight is 536 g/mol. The lowest BCUT2D eigenvalue weighted by Gasteiger charge is -2.26. The van der Waals surface area contributed by atoms with E-state index < -0.39 is 10.0 Å². The molecule has 3 aromatic rings. The number of hydrogen-bond donors (Lipinski definition) is 1. The first-order valence-corrected chi connectivity index (χ1v) is 12.5. The van der Waals surface area contributed by atoms with Crippen molar-refractivity contribution in [2.45, 2.75) is 31.2 Å². The molecule has 0 spiro atoms. The average Bonchev–Trinajstić information content (AvgIpc) is 3.07. The summed E-state index contributed by atoms with van der Waals surface area (Å²) in [7, 11) is -3.89. The van der Waals surface area contributed by atoms with Crippen molar-refractivity contribution in [3.05, 3.63) is 63.1 Å². The second kappa shape index (κ2) is 10.3. The smallest absolute Gasteiger partial charge is 0.230 e. The molecule has 0 unspecified atom stereocenters. The Hall–Kier alpha value is -1.32. The Morgan fingerprint density at radius 2 is 1.56 bits per heavy atom. The molecule has 1 aromatic heterocycles. The van der Waals surface area contributed by atoms with Crippen LogP contribution in [0.15, 0.2) is 47.5 Å². The third-order valence-electron chi connectivity index (χ3n) is 5.19. The highest BCUT2D eigenvalue weighted by Gasteiger charge is 2.29. The second-order valence-corrected chi connectivity index (χ2v) is 10.3. The van der Waals surface area contributed by atoms with E-state index in [2.05, 4.69) is 9.93 Å². The number of piperidine rings is 1. The number of hydrazine groups is 1. The van der Waals surface area contributed by atoms with Gasteiger partial charge in [-0.1, -0.05) is 53.4 Å². The Labute approximate surface area is 208 Å². The van der Waals surface area contributed by atoms with Gasteiger partial charge in [-0.15, -0.1) is 17.2 Å². The van der Waals surface area contributed by atoms with E-state index >= 15 is 0 Å². The van der Waals surface area contributed by atoms with Gasteiger partial charge in [0.15, 0.2) is 5.03 Å². The molecule has 2 aromatic carbocycles. The number of nitrogens with one attached hydrogen (secondary N) is 1. The third-order valence-corrected chi connectivity index (χ3v) is 7.38. The summed E-state index contributed by atoms with van der Waals surface area (Å²) < 4.78 is 28.0. The molecular formula is C21H22Cl4N4O2S. The van der Waals surface area contributed by atoms with Crippen molar-refractivity contribution in [3.63, 3.8) is 0 Å². The fraction of sp³-hybridized carbons (Fsp3) is 0.286. The van der Waals surface area contributed by atoms with Crippen LogP contribution in [0.2, 0.25) is 15.1 Å². The molecule has 0 bridgehead atoms. The molecule has 2 heterocycles. The predicted octanol–water partition coefficient (Wildman–Crippen LogP) is 5.91. The lowest BCUT2D eigenvalue weighted by molar-refractivity contribution is 0.199. The Bertz CT molecular complexity index is 1210. The molecule has 1 saturated heterocycles. The van der Waals surface area contributed by atoms with Crippen molar-refractivity contribution in [2.75, 3.05) is 13.1 Å². The first kappa shape index (κ1) is 25.3. The molecule has 0 aliphatic carbocycles. The van der Waals surface area contributed by atoms with Crippen molar-refractivity contribution >= 4 is 57.2 Å². The van der Waals surface area contributed by atoms with Gasteiger partial charge in [0, 0.05) is 34.3 Å². The maximum atomic E-state index is 13.2. The van der Waals surface area contributed by atoms with Gasteiger partial charge in [0.1, 0.15) is 0 Å². The maximum Gasteiger partial charge on any atom is 0.273 e. The lowest BCUT2D eigenvalue weighted by Crippen LogP contribution is -2.45. The molecule has 1 aliphatic rings. The number of halogens is 4. The summed E-state index contributed by atoms with van der Waals surface area (Å²) in [6.07, 6.45) is 3.00. The number of benzene rings is 2. The summed E-state index contributed by atoms with van der Waals surface area (Å²) in [5.41, 5.74) is 2.41. The van der Waals surface area contributed by atoms with E-state index in [-0.39, 0.29) is 17.4 Å². The van der Waals surface area contributed by atoms with Gasteiger partial charge in [0.05, 0.1) is 16.4 Å². The molecule has 32 heavy (non-hydrogen) atoms. The van der Waals surface area contributed by atoms with Crippen molar-refractivity contribution in [3.8, 4) is 16.9 Å². The van der Waals surface area contributed by atoms with Crippen molar-refractivity contribution < 1.29 is 8.42 Å². The number of aromatic nitrogens is 2. The quantitative estimate of drug-likeness (QED) is 0.441. The first-order chi connectivity index (χ1) is 14.8. The fourth-order valence-electron chi connectivity index (χ4n) is 3.70. The van der Waals surface area contributed by atoms with Gasteiger partial charge < -0.3 is 0 Å². The van der Waals surface area contributed by atoms with Gasteiger partial charge in [-0.2, -0.15) is 5.10 Å². The van der Waals surface area contributed by atoms with Crippen LogP contribution >= 0.6 is 47.2 Å². The molecule has 0 amide bonds. The second-order valence-electron chi connectivity index (χ2n) is 7.44. The molecular weight excluding hydrogens is 514 g/mol. The zero-order valence-electron chi connectivity index (χ0n) is 17.2. The van der Waals surface area contributed by atoms with Gasteiger partial charge in [-0.05, 0) is 50.1 Å². The Morgan fingerprint density at radius 3 is 2.19 bits per heavy atom. The maximum absolute atomic E-state index is 13.2. The summed E-state index contributed by atoms with van der Waals surface area (Å²) in [5.74, 6) is 0. The molecule has 0 radical (unpaired) electrons. The van der Waals surface area contributed by atoms with Gasteiger partial charge in [0.2, 0.25) is 0 Å². The van der Waals surface area contributed by atoms with Crippen LogP contribution in [0.5, 0.6) is 0 Å². The van der Waals surface area contributed by atoms with E-state index in [0.717, 1.165) is 24.8 Å². The number of sulfonamides is 1. The van der Waals surface area contributed by atoms with Crippen LogP contribution in [-0.2, 0) is 10.0 Å². The van der Waals surface area contributed by atoms with Crippen LogP contribution in [0.3, 0.4) is 0 Å². The van der Waals surface area contributed by atoms with E-state index in [1.54, 1.807) is 46.9 Å². The third kappa shape index (κ3) is 5.25. The van der Waals surface area contributed by atoms with Gasteiger partial charge in [-0.3, -0.25) is 0 Å². The van der Waals surface area contributed by atoms with E-state index in [4.69, 9.17) is 34.8 Å². The fourth-order valence-corrected chi connectivity index (χ4v) is 5.62. The standard InChI is InChI=1S/C21H21Cl3N4O2S.ClH/c1-14-20(15-5-7-16(22)8-6-15)28(19-10-9-17(23)13-18(19)24)25-21(14)31(29,30)26-27-11-3-2-4-12-27;/h5-10,13,26H,2-4,11-12H2,1H3;1H. The van der Waals surface area contributed by atoms with E-state index in [9.17, 15) is 8.42 Å². The topological polar surface area (TPSA) is 67.2 Å². The van der Waals surface area contributed by atoms with Crippen molar-refractivity contribution in [1.29, 1.82) is 0 Å². The highest BCUT2D eigenvalue weighted by atomic mass is 35.5. The van der Waals surface area contributed by atoms with Gasteiger partial charge in [-0.25, -0.2) is 18.1 Å².